The van der Waals surface area contributed by atoms with Crippen molar-refractivity contribution in [2.24, 2.45) is 5.92 Å². The molecule has 6 heteroatoms. The van der Waals surface area contributed by atoms with Gasteiger partial charge in [-0.25, -0.2) is 4.79 Å². The van der Waals surface area contributed by atoms with Crippen LogP contribution in [0.3, 0.4) is 0 Å². The Kier molecular flexibility index (Phi) is 5.81. The monoisotopic (exact) mass is 273 g/mol. The molecule has 1 heterocycles. The zero-order valence-electron chi connectivity index (χ0n) is 10.9. The van der Waals surface area contributed by atoms with E-state index in [1.54, 1.807) is 13.8 Å². The Labute approximate surface area is 111 Å². The Balaban J connectivity index is 2.43. The first-order chi connectivity index (χ1) is 8.41. The van der Waals surface area contributed by atoms with Crippen molar-refractivity contribution in [2.75, 3.05) is 6.54 Å². The first kappa shape index (κ1) is 15.2. The summed E-state index contributed by atoms with van der Waals surface area (Å²) < 4.78 is 4.83. The first-order valence-corrected chi connectivity index (χ1v) is 6.96. The minimum absolute atomic E-state index is 0.0501. The summed E-state index contributed by atoms with van der Waals surface area (Å²) >= 11 is 1.08. The smallest absolute Gasteiger partial charge is 0.330 e. The van der Waals surface area contributed by atoms with Gasteiger partial charge in [0.05, 0.1) is 5.92 Å². The van der Waals surface area contributed by atoms with Crippen molar-refractivity contribution in [3.63, 3.8) is 0 Å². The predicted molar refractivity (Wildman–Crippen MR) is 69.0 cm³/mol. The van der Waals surface area contributed by atoms with E-state index in [2.05, 4.69) is 5.32 Å². The molecule has 1 fully saturated rings. The van der Waals surface area contributed by atoms with Crippen LogP contribution in [-0.4, -0.2) is 34.9 Å². The Bertz CT molecular complexity index is 339. The van der Waals surface area contributed by atoms with Crippen LogP contribution >= 0.6 is 11.8 Å². The highest BCUT2D eigenvalue weighted by molar-refractivity contribution is 8.14. The van der Waals surface area contributed by atoms with Crippen LogP contribution in [0.2, 0.25) is 0 Å². The van der Waals surface area contributed by atoms with Crippen molar-refractivity contribution >= 4 is 28.8 Å². The highest BCUT2D eigenvalue weighted by Crippen LogP contribution is 2.21. The van der Waals surface area contributed by atoms with Crippen LogP contribution in [0.15, 0.2) is 0 Å². The zero-order valence-corrected chi connectivity index (χ0v) is 11.7. The highest BCUT2D eigenvalue weighted by atomic mass is 32.2. The van der Waals surface area contributed by atoms with E-state index in [1.807, 2.05) is 0 Å². The average molecular weight is 273 g/mol. The van der Waals surface area contributed by atoms with Crippen molar-refractivity contribution in [3.8, 4) is 0 Å². The minimum Gasteiger partial charge on any atom is -0.392 e. The molecule has 1 aliphatic heterocycles. The number of hydrogen-bond acceptors (Lipinski definition) is 6. The number of esters is 2. The standard InChI is InChI=1S/C12H19NO4S/c1-7(8(2)18-9(3)14)11(15)17-12(16)10-5-4-6-13-10/h7-8,10,13H,4-6H2,1-3H3/t7?,8?,10-/m0/s1. The summed E-state index contributed by atoms with van der Waals surface area (Å²) in [6.45, 7) is 5.67. The molecule has 0 aromatic carbocycles. The summed E-state index contributed by atoms with van der Waals surface area (Å²) in [5, 5.41) is 2.73. The lowest BCUT2D eigenvalue weighted by Crippen LogP contribution is -2.36. The molecular weight excluding hydrogens is 254 g/mol. The van der Waals surface area contributed by atoms with Gasteiger partial charge in [-0.15, -0.1) is 0 Å². The molecule has 3 atom stereocenters. The fourth-order valence-corrected chi connectivity index (χ4v) is 2.54. The molecule has 0 saturated carbocycles. The van der Waals surface area contributed by atoms with Gasteiger partial charge in [0.15, 0.2) is 5.12 Å². The van der Waals surface area contributed by atoms with Crippen LogP contribution < -0.4 is 5.32 Å². The van der Waals surface area contributed by atoms with Gasteiger partial charge in [0, 0.05) is 12.2 Å². The predicted octanol–water partition coefficient (Wildman–Crippen LogP) is 1.11. The fourth-order valence-electron chi connectivity index (χ4n) is 1.70. The number of carbonyl (C=O) groups is 3. The Morgan fingerprint density at radius 3 is 2.50 bits per heavy atom. The Morgan fingerprint density at radius 2 is 2.00 bits per heavy atom. The summed E-state index contributed by atoms with van der Waals surface area (Å²) in [6, 6.07) is -0.364. The molecule has 102 valence electrons. The maximum Gasteiger partial charge on any atom is 0.330 e. The molecule has 5 nitrogen and oxygen atoms in total. The van der Waals surface area contributed by atoms with Crippen molar-refractivity contribution in [1.82, 2.24) is 5.32 Å². The highest BCUT2D eigenvalue weighted by Gasteiger charge is 2.30. The summed E-state index contributed by atoms with van der Waals surface area (Å²) in [4.78, 5) is 34.3. The lowest BCUT2D eigenvalue weighted by atomic mass is 10.1. The quantitative estimate of drug-likeness (QED) is 0.611. The summed E-state index contributed by atoms with van der Waals surface area (Å²) in [6.07, 6.45) is 1.62. The average Bonchev–Trinajstić information content (AvgIpc) is 2.80. The number of hydrogen-bond donors (Lipinski definition) is 1. The maximum absolute atomic E-state index is 11.7. The molecule has 0 bridgehead atoms. The molecule has 0 aromatic rings. The van der Waals surface area contributed by atoms with E-state index >= 15 is 0 Å². The zero-order chi connectivity index (χ0) is 13.7. The van der Waals surface area contributed by atoms with Gasteiger partial charge in [-0.1, -0.05) is 25.6 Å². The first-order valence-electron chi connectivity index (χ1n) is 6.08. The van der Waals surface area contributed by atoms with E-state index < -0.39 is 17.9 Å². The van der Waals surface area contributed by atoms with E-state index in [4.69, 9.17) is 4.74 Å². The molecule has 18 heavy (non-hydrogen) atoms. The Hall–Kier alpha value is -0.880. The van der Waals surface area contributed by atoms with E-state index in [9.17, 15) is 14.4 Å². The minimum atomic E-state index is -0.560. The van der Waals surface area contributed by atoms with Gasteiger partial charge < -0.3 is 10.1 Å². The molecule has 1 rings (SSSR count). The molecular formula is C12H19NO4S. The lowest BCUT2D eigenvalue weighted by Gasteiger charge is -2.17. The third kappa shape index (κ3) is 4.42. The molecule has 0 amide bonds. The molecule has 1 aliphatic rings. The third-order valence-corrected chi connectivity index (χ3v) is 4.09. The molecule has 0 aromatic heterocycles. The molecule has 0 spiro atoms. The van der Waals surface area contributed by atoms with E-state index in [-0.39, 0.29) is 16.4 Å². The van der Waals surface area contributed by atoms with Gasteiger partial charge in [-0.3, -0.25) is 9.59 Å². The van der Waals surface area contributed by atoms with Crippen molar-refractivity contribution in [2.45, 2.75) is 44.9 Å². The van der Waals surface area contributed by atoms with Gasteiger partial charge in [-0.2, -0.15) is 0 Å². The van der Waals surface area contributed by atoms with Gasteiger partial charge in [0.2, 0.25) is 0 Å². The van der Waals surface area contributed by atoms with Gasteiger partial charge in [0.1, 0.15) is 6.04 Å². The SMILES string of the molecule is CC(=O)SC(C)C(C)C(=O)OC(=O)[C@@H]1CCCN1. The van der Waals surface area contributed by atoms with E-state index in [1.165, 1.54) is 6.92 Å². The van der Waals surface area contributed by atoms with Gasteiger partial charge >= 0.3 is 11.9 Å². The van der Waals surface area contributed by atoms with Crippen LogP contribution in [0.4, 0.5) is 0 Å². The topological polar surface area (TPSA) is 72.5 Å². The molecule has 1 N–H and O–H groups in total. The van der Waals surface area contributed by atoms with Gasteiger partial charge in [0.25, 0.3) is 0 Å². The van der Waals surface area contributed by atoms with Crippen LogP contribution in [0.1, 0.15) is 33.6 Å². The largest absolute Gasteiger partial charge is 0.392 e. The van der Waals surface area contributed by atoms with Crippen LogP contribution in [0.5, 0.6) is 0 Å². The number of ether oxygens (including phenoxy) is 1. The molecule has 2 unspecified atom stereocenters. The van der Waals surface area contributed by atoms with Crippen LogP contribution in [-0.2, 0) is 19.1 Å². The van der Waals surface area contributed by atoms with Crippen LogP contribution in [0, 0.1) is 5.92 Å². The van der Waals surface area contributed by atoms with E-state index in [0.29, 0.717) is 6.42 Å². The number of thioether (sulfide) groups is 1. The third-order valence-electron chi connectivity index (χ3n) is 2.97. The second kappa shape index (κ2) is 6.89. The van der Waals surface area contributed by atoms with Crippen LogP contribution in [0.25, 0.3) is 0 Å². The fraction of sp³-hybridized carbons (Fsp3) is 0.750. The van der Waals surface area contributed by atoms with E-state index in [0.717, 1.165) is 24.7 Å². The molecule has 0 radical (unpaired) electrons. The Morgan fingerprint density at radius 1 is 1.33 bits per heavy atom. The summed E-state index contributed by atoms with van der Waals surface area (Å²) in [5.41, 5.74) is 0. The van der Waals surface area contributed by atoms with Gasteiger partial charge in [-0.05, 0) is 19.4 Å². The normalized spacial score (nSPS) is 22.3. The number of carbonyl (C=O) groups excluding carboxylic acids is 3. The summed E-state index contributed by atoms with van der Waals surface area (Å²) in [7, 11) is 0. The summed E-state index contributed by atoms with van der Waals surface area (Å²) in [5.74, 6) is -1.55. The van der Waals surface area contributed by atoms with Crippen molar-refractivity contribution < 1.29 is 19.1 Å². The molecule has 1 saturated heterocycles. The van der Waals surface area contributed by atoms with Crippen molar-refractivity contribution in [3.05, 3.63) is 0 Å². The lowest BCUT2D eigenvalue weighted by molar-refractivity contribution is -0.163. The molecule has 0 aliphatic carbocycles. The number of rotatable bonds is 4. The second-order valence-electron chi connectivity index (χ2n) is 4.49. The number of nitrogens with one attached hydrogen (secondary N) is 1. The maximum atomic E-state index is 11.7. The second-order valence-corrected chi connectivity index (χ2v) is 6.05. The van der Waals surface area contributed by atoms with Crippen molar-refractivity contribution in [1.29, 1.82) is 0 Å².